The number of piperidine rings is 1. The molecule has 2 fully saturated rings. The Hall–Kier alpha value is -2.65. The van der Waals surface area contributed by atoms with Crippen molar-refractivity contribution >= 4 is 44.8 Å². The van der Waals surface area contributed by atoms with Gasteiger partial charge < -0.3 is 15.5 Å². The molecule has 2 heterocycles. The van der Waals surface area contributed by atoms with Crippen molar-refractivity contribution in [2.24, 2.45) is 11.8 Å². The Morgan fingerprint density at radius 2 is 1.85 bits per heavy atom. The van der Waals surface area contributed by atoms with Crippen molar-refractivity contribution in [1.82, 2.24) is 10.3 Å². The van der Waals surface area contributed by atoms with Gasteiger partial charge in [0.2, 0.25) is 5.91 Å². The first kappa shape index (κ1) is 24.5. The molecule has 1 aromatic heterocycles. The van der Waals surface area contributed by atoms with E-state index in [1.165, 1.54) is 25.1 Å². The lowest BCUT2D eigenvalue weighted by Gasteiger charge is -2.33. The number of amides is 2. The number of nitrogens with one attached hydrogen (secondary N) is 2. The summed E-state index contributed by atoms with van der Waals surface area (Å²) in [6.45, 7) is 2.10. The van der Waals surface area contributed by atoms with Crippen LogP contribution < -0.4 is 15.5 Å². The minimum absolute atomic E-state index is 0.0277. The Kier molecular flexibility index (Phi) is 7.42. The predicted octanol–water partition coefficient (Wildman–Crippen LogP) is 3.52. The fourth-order valence-corrected chi connectivity index (χ4v) is 4.84. The van der Waals surface area contributed by atoms with Crippen molar-refractivity contribution in [2.45, 2.75) is 37.0 Å². The lowest BCUT2D eigenvalue weighted by atomic mass is 9.93. The van der Waals surface area contributed by atoms with Gasteiger partial charge >= 0.3 is 0 Å². The summed E-state index contributed by atoms with van der Waals surface area (Å²) < 4.78 is 24.2. The van der Waals surface area contributed by atoms with Crippen molar-refractivity contribution in [3.63, 3.8) is 0 Å². The van der Waals surface area contributed by atoms with Crippen LogP contribution in [0.5, 0.6) is 0 Å². The fourth-order valence-electron chi connectivity index (χ4n) is 4.07. The summed E-state index contributed by atoms with van der Waals surface area (Å²) >= 11 is 6.01. The average Bonchev–Trinajstić information content (AvgIpc) is 3.62. The van der Waals surface area contributed by atoms with Crippen LogP contribution in [0.1, 0.15) is 42.5 Å². The number of anilines is 2. The van der Waals surface area contributed by atoms with Crippen LogP contribution in [0.3, 0.4) is 0 Å². The first-order valence-electron chi connectivity index (χ1n) is 11.5. The zero-order chi connectivity index (χ0) is 24.3. The molecule has 10 heteroatoms. The number of hydrogen-bond acceptors (Lipinski definition) is 6. The van der Waals surface area contributed by atoms with E-state index in [4.69, 9.17) is 11.6 Å². The molecule has 0 atom stereocenters. The maximum atomic E-state index is 12.8. The van der Waals surface area contributed by atoms with Gasteiger partial charge in [0.05, 0.1) is 10.6 Å². The van der Waals surface area contributed by atoms with Gasteiger partial charge in [0.25, 0.3) is 5.91 Å². The SMILES string of the molecule is CS(=O)(=O)c1cnc(N2CCC(CC(=O)NCC3CC3)CC2)c(NC(=O)c2cccc(Cl)c2)c1. The highest BCUT2D eigenvalue weighted by Crippen LogP contribution is 2.32. The number of carbonyl (C=O) groups is 2. The second-order valence-electron chi connectivity index (χ2n) is 9.16. The number of pyridine rings is 1. The van der Waals surface area contributed by atoms with Crippen molar-refractivity contribution < 1.29 is 18.0 Å². The third kappa shape index (κ3) is 6.48. The molecule has 2 N–H and O–H groups in total. The van der Waals surface area contributed by atoms with E-state index in [2.05, 4.69) is 15.6 Å². The van der Waals surface area contributed by atoms with E-state index in [0.29, 0.717) is 47.5 Å². The van der Waals surface area contributed by atoms with Gasteiger partial charge in [-0.3, -0.25) is 9.59 Å². The average molecular weight is 505 g/mol. The van der Waals surface area contributed by atoms with Crippen LogP contribution in [-0.2, 0) is 14.6 Å². The molecule has 1 aromatic carbocycles. The van der Waals surface area contributed by atoms with Crippen LogP contribution in [0.2, 0.25) is 5.02 Å². The Labute approximate surface area is 205 Å². The summed E-state index contributed by atoms with van der Waals surface area (Å²) in [5, 5.41) is 6.27. The number of rotatable bonds is 8. The lowest BCUT2D eigenvalue weighted by molar-refractivity contribution is -0.122. The van der Waals surface area contributed by atoms with E-state index in [9.17, 15) is 18.0 Å². The predicted molar refractivity (Wildman–Crippen MR) is 132 cm³/mol. The molecule has 2 amide bonds. The molecule has 1 aliphatic heterocycles. The smallest absolute Gasteiger partial charge is 0.255 e. The second kappa shape index (κ2) is 10.3. The van der Waals surface area contributed by atoms with E-state index in [1.54, 1.807) is 24.3 Å². The van der Waals surface area contributed by atoms with Crippen molar-refractivity contribution in [3.05, 3.63) is 47.1 Å². The highest BCUT2D eigenvalue weighted by atomic mass is 35.5. The molecule has 1 aliphatic carbocycles. The minimum Gasteiger partial charge on any atom is -0.356 e. The molecule has 0 bridgehead atoms. The van der Waals surface area contributed by atoms with Crippen molar-refractivity contribution in [1.29, 1.82) is 0 Å². The minimum atomic E-state index is -3.51. The van der Waals surface area contributed by atoms with Gasteiger partial charge in [-0.2, -0.15) is 0 Å². The lowest BCUT2D eigenvalue weighted by Crippen LogP contribution is -2.37. The molecular weight excluding hydrogens is 476 g/mol. The van der Waals surface area contributed by atoms with Crippen LogP contribution in [0.25, 0.3) is 0 Å². The molecule has 2 aliphatic rings. The molecule has 34 heavy (non-hydrogen) atoms. The largest absolute Gasteiger partial charge is 0.356 e. The van der Waals surface area contributed by atoms with E-state index >= 15 is 0 Å². The Morgan fingerprint density at radius 1 is 1.12 bits per heavy atom. The van der Waals surface area contributed by atoms with Crippen LogP contribution in [-0.4, -0.2) is 51.1 Å². The molecule has 0 unspecified atom stereocenters. The molecule has 182 valence electrons. The van der Waals surface area contributed by atoms with Gasteiger partial charge in [-0.25, -0.2) is 13.4 Å². The van der Waals surface area contributed by atoms with Crippen LogP contribution in [0, 0.1) is 11.8 Å². The third-order valence-electron chi connectivity index (χ3n) is 6.28. The first-order chi connectivity index (χ1) is 16.2. The van der Waals surface area contributed by atoms with Gasteiger partial charge in [-0.1, -0.05) is 17.7 Å². The number of nitrogens with zero attached hydrogens (tertiary/aromatic N) is 2. The van der Waals surface area contributed by atoms with Crippen molar-refractivity contribution in [3.8, 4) is 0 Å². The molecule has 8 nitrogen and oxygen atoms in total. The molecule has 4 rings (SSSR count). The molecule has 2 aromatic rings. The highest BCUT2D eigenvalue weighted by molar-refractivity contribution is 7.90. The summed E-state index contributed by atoms with van der Waals surface area (Å²) in [6.07, 6.45) is 6.98. The van der Waals surface area contributed by atoms with Gasteiger partial charge in [0.1, 0.15) is 0 Å². The fraction of sp³-hybridized carbons (Fsp3) is 0.458. The maximum absolute atomic E-state index is 12.8. The summed E-state index contributed by atoms with van der Waals surface area (Å²) in [6, 6.07) is 7.97. The Balaban J connectivity index is 1.46. The van der Waals surface area contributed by atoms with Crippen LogP contribution in [0.15, 0.2) is 41.4 Å². The van der Waals surface area contributed by atoms with E-state index in [-0.39, 0.29) is 16.7 Å². The summed E-state index contributed by atoms with van der Waals surface area (Å²) in [5.41, 5.74) is 0.688. The van der Waals surface area contributed by atoms with E-state index in [1.807, 2.05) is 4.90 Å². The molecule has 1 saturated carbocycles. The standard InChI is InChI=1S/C24H29ClN4O4S/c1-34(32,33)20-13-21(28-24(31)18-3-2-4-19(25)12-18)23(27-15-20)29-9-7-16(8-10-29)11-22(30)26-14-17-5-6-17/h2-4,12-13,15-17H,5-11,14H2,1H3,(H,26,30)(H,28,31). The molecule has 0 radical (unpaired) electrons. The second-order valence-corrected chi connectivity index (χ2v) is 11.6. The van der Waals surface area contributed by atoms with Crippen molar-refractivity contribution in [2.75, 3.05) is 36.1 Å². The number of benzene rings is 1. The number of sulfone groups is 1. The maximum Gasteiger partial charge on any atom is 0.255 e. The number of hydrogen-bond donors (Lipinski definition) is 2. The van der Waals surface area contributed by atoms with E-state index < -0.39 is 15.7 Å². The number of aromatic nitrogens is 1. The summed E-state index contributed by atoms with van der Waals surface area (Å²) in [7, 11) is -3.51. The van der Waals surface area contributed by atoms with Crippen LogP contribution in [0.4, 0.5) is 11.5 Å². The monoisotopic (exact) mass is 504 g/mol. The van der Waals surface area contributed by atoms with E-state index in [0.717, 1.165) is 25.6 Å². The zero-order valence-corrected chi connectivity index (χ0v) is 20.7. The topological polar surface area (TPSA) is 108 Å². The Morgan fingerprint density at radius 3 is 2.50 bits per heavy atom. The summed E-state index contributed by atoms with van der Waals surface area (Å²) in [4.78, 5) is 31.5. The van der Waals surface area contributed by atoms with Gasteiger partial charge in [0.15, 0.2) is 15.7 Å². The molecule has 1 saturated heterocycles. The highest BCUT2D eigenvalue weighted by Gasteiger charge is 2.26. The number of carbonyl (C=O) groups excluding carboxylic acids is 2. The first-order valence-corrected chi connectivity index (χ1v) is 13.7. The normalized spacial score (nSPS) is 16.8. The van der Waals surface area contributed by atoms with Gasteiger partial charge in [0, 0.05) is 49.1 Å². The molecular formula is C24H29ClN4O4S. The molecule has 0 spiro atoms. The van der Waals surface area contributed by atoms with Gasteiger partial charge in [-0.15, -0.1) is 0 Å². The quantitative estimate of drug-likeness (QED) is 0.569. The zero-order valence-electron chi connectivity index (χ0n) is 19.1. The third-order valence-corrected chi connectivity index (χ3v) is 7.59. The van der Waals surface area contributed by atoms with Gasteiger partial charge in [-0.05, 0) is 61.8 Å². The van der Waals surface area contributed by atoms with Crippen LogP contribution >= 0.6 is 11.6 Å². The number of halogens is 1. The summed E-state index contributed by atoms with van der Waals surface area (Å²) in [5.74, 6) is 1.16. The Bertz CT molecular complexity index is 1180.